The Bertz CT molecular complexity index is 1480. The molecule has 6 nitrogen and oxygen atoms in total. The van der Waals surface area contributed by atoms with Crippen LogP contribution in [0, 0.1) is 0 Å². The van der Waals surface area contributed by atoms with Crippen molar-refractivity contribution in [1.29, 1.82) is 0 Å². The van der Waals surface area contributed by atoms with E-state index < -0.39 is 5.91 Å². The molecule has 0 aliphatic rings. The van der Waals surface area contributed by atoms with Crippen molar-refractivity contribution in [3.05, 3.63) is 101 Å². The van der Waals surface area contributed by atoms with Crippen molar-refractivity contribution < 1.29 is 9.53 Å². The van der Waals surface area contributed by atoms with Crippen molar-refractivity contribution in [2.45, 2.75) is 0 Å². The zero-order valence-electron chi connectivity index (χ0n) is 17.1. The Morgan fingerprint density at radius 2 is 1.73 bits per heavy atom. The molecule has 0 aliphatic heterocycles. The van der Waals surface area contributed by atoms with Gasteiger partial charge in [0, 0.05) is 34.6 Å². The molecule has 0 fully saturated rings. The monoisotopic (exact) mass is 474 g/mol. The van der Waals surface area contributed by atoms with Gasteiger partial charge in [0.1, 0.15) is 11.4 Å². The number of hydrogen-bond acceptors (Lipinski definition) is 4. The molecule has 0 radical (unpaired) electrons. The highest BCUT2D eigenvalue weighted by molar-refractivity contribution is 6.33. The zero-order valence-corrected chi connectivity index (χ0v) is 18.6. The van der Waals surface area contributed by atoms with Crippen molar-refractivity contribution in [3.8, 4) is 34.1 Å². The highest BCUT2D eigenvalue weighted by Crippen LogP contribution is 2.34. The Balaban J connectivity index is 1.53. The molecule has 0 saturated carbocycles. The lowest BCUT2D eigenvalue weighted by molar-refractivity contribution is 0.1000. The molecule has 2 aromatic carbocycles. The molecule has 0 unspecified atom stereocenters. The molecule has 0 atom stereocenters. The molecule has 0 aliphatic carbocycles. The molecule has 5 rings (SSSR count). The minimum absolute atomic E-state index is 0.184. The topological polar surface area (TPSA) is 82.5 Å². The second-order valence-corrected chi connectivity index (χ2v) is 8.08. The highest BCUT2D eigenvalue weighted by Gasteiger charge is 2.16. The van der Waals surface area contributed by atoms with Crippen LogP contribution in [0.5, 0.6) is 11.6 Å². The number of benzene rings is 2. The fourth-order valence-electron chi connectivity index (χ4n) is 3.54. The van der Waals surface area contributed by atoms with Crippen LogP contribution in [0.1, 0.15) is 10.4 Å². The summed E-state index contributed by atoms with van der Waals surface area (Å²) in [6, 6.07) is 21.8. The normalized spacial score (nSPS) is 11.0. The number of pyridine rings is 2. The lowest BCUT2D eigenvalue weighted by atomic mass is 10.1. The van der Waals surface area contributed by atoms with E-state index in [1.807, 2.05) is 59.1 Å². The van der Waals surface area contributed by atoms with Crippen LogP contribution in [0.4, 0.5) is 0 Å². The van der Waals surface area contributed by atoms with Crippen LogP contribution in [0.25, 0.3) is 28.2 Å². The number of carbonyl (C=O) groups is 1. The lowest BCUT2D eigenvalue weighted by Crippen LogP contribution is -2.11. The van der Waals surface area contributed by atoms with Crippen molar-refractivity contribution in [1.82, 2.24) is 14.4 Å². The predicted molar refractivity (Wildman–Crippen MR) is 129 cm³/mol. The van der Waals surface area contributed by atoms with Gasteiger partial charge < -0.3 is 10.5 Å². The highest BCUT2D eigenvalue weighted by atomic mass is 35.5. The van der Waals surface area contributed by atoms with Crippen LogP contribution in [0.15, 0.2) is 85.2 Å². The third-order valence-electron chi connectivity index (χ3n) is 5.08. The summed E-state index contributed by atoms with van der Waals surface area (Å²) < 4.78 is 7.81. The number of imidazole rings is 1. The molecule has 8 heteroatoms. The molecule has 3 aromatic heterocycles. The number of ether oxygens (including phenoxy) is 1. The van der Waals surface area contributed by atoms with Crippen LogP contribution in [0.3, 0.4) is 0 Å². The average molecular weight is 475 g/mol. The Morgan fingerprint density at radius 3 is 2.45 bits per heavy atom. The second-order valence-electron chi connectivity index (χ2n) is 7.24. The maximum atomic E-state index is 11.5. The number of halogens is 2. The maximum absolute atomic E-state index is 11.5. The average Bonchev–Trinajstić information content (AvgIpc) is 3.21. The quantitative estimate of drug-likeness (QED) is 0.325. The third kappa shape index (κ3) is 4.14. The number of amides is 1. The van der Waals surface area contributed by atoms with Gasteiger partial charge in [-0.05, 0) is 48.5 Å². The second kappa shape index (κ2) is 8.58. The van der Waals surface area contributed by atoms with E-state index in [0.717, 1.165) is 28.2 Å². The van der Waals surface area contributed by atoms with Gasteiger partial charge in [-0.1, -0.05) is 41.4 Å². The van der Waals surface area contributed by atoms with E-state index in [-0.39, 0.29) is 10.6 Å². The Kier molecular flexibility index (Phi) is 5.46. The molecule has 0 saturated heterocycles. The summed E-state index contributed by atoms with van der Waals surface area (Å²) in [5.41, 5.74) is 9.88. The molecule has 162 valence electrons. The van der Waals surface area contributed by atoms with Gasteiger partial charge in [-0.3, -0.25) is 9.20 Å². The molecule has 2 N–H and O–H groups in total. The number of primary amides is 1. The van der Waals surface area contributed by atoms with E-state index >= 15 is 0 Å². The first-order valence-corrected chi connectivity index (χ1v) is 10.7. The zero-order chi connectivity index (χ0) is 22.9. The molecule has 33 heavy (non-hydrogen) atoms. The fraction of sp³-hybridized carbons (Fsp3) is 0. The largest absolute Gasteiger partial charge is 0.439 e. The summed E-state index contributed by atoms with van der Waals surface area (Å²) in [5.74, 6) is 0.138. The molecule has 0 bridgehead atoms. The minimum Gasteiger partial charge on any atom is -0.439 e. The van der Waals surface area contributed by atoms with Gasteiger partial charge in [-0.25, -0.2) is 9.97 Å². The van der Waals surface area contributed by atoms with Crippen LogP contribution >= 0.6 is 23.2 Å². The van der Waals surface area contributed by atoms with Crippen molar-refractivity contribution in [2.75, 3.05) is 0 Å². The third-order valence-corrected chi connectivity index (χ3v) is 5.66. The molecule has 5 aromatic rings. The Labute approximate surface area is 199 Å². The molecular formula is C25H16Cl2N4O2. The number of hydrogen-bond donors (Lipinski definition) is 1. The number of carbonyl (C=O) groups excluding carboxylic acids is 1. The first-order chi connectivity index (χ1) is 16.0. The first-order valence-electron chi connectivity index (χ1n) is 9.96. The van der Waals surface area contributed by atoms with E-state index in [1.165, 1.54) is 6.07 Å². The standard InChI is InChI=1S/C25H16Cl2N4O2/c26-17-7-4-15(5-8-17)23-24(31-12-2-1-3-21(31)30-23)16-6-11-22(29-14-16)33-18-9-10-20(27)19(13-18)25(28)32/h1-14H,(H2,28,32). The van der Waals surface area contributed by atoms with Crippen LogP contribution in [-0.2, 0) is 0 Å². The molecule has 3 heterocycles. The van der Waals surface area contributed by atoms with Crippen molar-refractivity contribution in [3.63, 3.8) is 0 Å². The van der Waals surface area contributed by atoms with Crippen molar-refractivity contribution in [2.24, 2.45) is 5.73 Å². The SMILES string of the molecule is NC(=O)c1cc(Oc2ccc(-c3c(-c4ccc(Cl)cc4)nc4ccccn34)cn2)ccc1Cl. The first kappa shape index (κ1) is 21.0. The van der Waals surface area contributed by atoms with Gasteiger partial charge in [0.25, 0.3) is 0 Å². The fourth-order valence-corrected chi connectivity index (χ4v) is 3.88. The van der Waals surface area contributed by atoms with Gasteiger partial charge in [-0.2, -0.15) is 0 Å². The molecule has 1 amide bonds. The summed E-state index contributed by atoms with van der Waals surface area (Å²) in [6.07, 6.45) is 3.68. The number of nitrogens with zero attached hydrogens (tertiary/aromatic N) is 3. The van der Waals surface area contributed by atoms with E-state index in [4.69, 9.17) is 38.7 Å². The van der Waals surface area contributed by atoms with E-state index in [2.05, 4.69) is 4.98 Å². The smallest absolute Gasteiger partial charge is 0.250 e. The van der Waals surface area contributed by atoms with Crippen LogP contribution in [0.2, 0.25) is 10.0 Å². The summed E-state index contributed by atoms with van der Waals surface area (Å²) in [7, 11) is 0. The van der Waals surface area contributed by atoms with Crippen LogP contribution in [-0.4, -0.2) is 20.3 Å². The predicted octanol–water partition coefficient (Wildman–Crippen LogP) is 6.26. The van der Waals surface area contributed by atoms with Gasteiger partial charge in [0.15, 0.2) is 0 Å². The lowest BCUT2D eigenvalue weighted by Gasteiger charge is -2.09. The summed E-state index contributed by atoms with van der Waals surface area (Å²) in [6.45, 7) is 0. The summed E-state index contributed by atoms with van der Waals surface area (Å²) in [4.78, 5) is 20.8. The van der Waals surface area contributed by atoms with Gasteiger partial charge in [0.2, 0.25) is 11.8 Å². The van der Waals surface area contributed by atoms with E-state index in [9.17, 15) is 4.79 Å². The van der Waals surface area contributed by atoms with Gasteiger partial charge in [0.05, 0.1) is 22.0 Å². The summed E-state index contributed by atoms with van der Waals surface area (Å²) >= 11 is 12.1. The van der Waals surface area contributed by atoms with Gasteiger partial charge >= 0.3 is 0 Å². The summed E-state index contributed by atoms with van der Waals surface area (Å²) in [5, 5.41) is 0.925. The molecular weight excluding hydrogens is 459 g/mol. The minimum atomic E-state index is -0.629. The Morgan fingerprint density at radius 1 is 0.939 bits per heavy atom. The Hall–Kier alpha value is -3.87. The number of fused-ring (bicyclic) bond motifs is 1. The van der Waals surface area contributed by atoms with Crippen molar-refractivity contribution >= 4 is 34.8 Å². The number of aromatic nitrogens is 3. The maximum Gasteiger partial charge on any atom is 0.250 e. The number of rotatable bonds is 5. The van der Waals surface area contributed by atoms with Gasteiger partial charge in [-0.15, -0.1) is 0 Å². The van der Waals surface area contributed by atoms with E-state index in [0.29, 0.717) is 16.7 Å². The van der Waals surface area contributed by atoms with E-state index in [1.54, 1.807) is 24.4 Å². The molecule has 0 spiro atoms. The van der Waals surface area contributed by atoms with Crippen LogP contribution < -0.4 is 10.5 Å². The number of nitrogens with two attached hydrogens (primary N) is 1.